The molecule has 0 saturated heterocycles. The fraction of sp³-hybridized carbons (Fsp3) is 0.500. The molecule has 2 heteroatoms. The highest BCUT2D eigenvalue weighted by molar-refractivity contribution is 5.21. The largest absolute Gasteiger partial charge is 0.486 e. The molecule has 1 heterocycles. The van der Waals surface area contributed by atoms with Crippen LogP contribution in [0.2, 0.25) is 0 Å². The molecule has 0 atom stereocenters. The summed E-state index contributed by atoms with van der Waals surface area (Å²) >= 11 is 0. The fourth-order valence-corrected chi connectivity index (χ4v) is 1.08. The summed E-state index contributed by atoms with van der Waals surface area (Å²) in [6.07, 6.45) is 4.13. The maximum absolute atomic E-state index is 5.71. The second kappa shape index (κ2) is 2.47. The summed E-state index contributed by atoms with van der Waals surface area (Å²) in [5.74, 6) is 0.889. The monoisotopic (exact) mass is 163 g/mol. The van der Waals surface area contributed by atoms with Gasteiger partial charge in [0.15, 0.2) is 0 Å². The van der Waals surface area contributed by atoms with Crippen LogP contribution in [-0.2, 0) is 0 Å². The zero-order valence-corrected chi connectivity index (χ0v) is 7.50. The van der Waals surface area contributed by atoms with E-state index in [0.717, 1.165) is 11.4 Å². The molecule has 2 nitrogen and oxygen atoms in total. The van der Waals surface area contributed by atoms with Crippen LogP contribution in [-0.4, -0.2) is 10.6 Å². The van der Waals surface area contributed by atoms with E-state index in [1.165, 1.54) is 12.8 Å². The average molecular weight is 163 g/mol. The van der Waals surface area contributed by atoms with Gasteiger partial charge in [0.05, 0.1) is 6.20 Å². The molecule has 12 heavy (non-hydrogen) atoms. The van der Waals surface area contributed by atoms with Crippen molar-refractivity contribution < 1.29 is 4.74 Å². The van der Waals surface area contributed by atoms with Gasteiger partial charge in [-0.3, -0.25) is 4.98 Å². The molecule has 0 unspecified atom stereocenters. The first-order chi connectivity index (χ1) is 5.68. The fourth-order valence-electron chi connectivity index (χ4n) is 1.08. The highest BCUT2D eigenvalue weighted by Gasteiger charge is 2.39. The molecule has 0 aromatic carbocycles. The minimum Gasteiger partial charge on any atom is -0.486 e. The Morgan fingerprint density at radius 1 is 1.42 bits per heavy atom. The zero-order valence-electron chi connectivity index (χ0n) is 7.50. The highest BCUT2D eigenvalue weighted by atomic mass is 16.5. The predicted molar refractivity (Wildman–Crippen MR) is 47.2 cm³/mol. The molecule has 0 radical (unpaired) electrons. The topological polar surface area (TPSA) is 22.1 Å². The third-order valence-corrected chi connectivity index (χ3v) is 2.20. The van der Waals surface area contributed by atoms with Crippen molar-refractivity contribution in [3.63, 3.8) is 0 Å². The average Bonchev–Trinajstić information content (AvgIpc) is 2.74. The number of nitrogens with zero attached hydrogens (tertiary/aromatic N) is 1. The maximum atomic E-state index is 5.71. The first-order valence-electron chi connectivity index (χ1n) is 4.30. The van der Waals surface area contributed by atoms with Gasteiger partial charge in [-0.1, -0.05) is 0 Å². The Balaban J connectivity index is 2.08. The Morgan fingerprint density at radius 2 is 2.17 bits per heavy atom. The normalized spacial score (nSPS) is 18.8. The van der Waals surface area contributed by atoms with Gasteiger partial charge in [-0.25, -0.2) is 0 Å². The standard InChI is InChI=1S/C10H13NO/c1-8-3-4-9(7-11-8)12-10(2)5-6-10/h3-4,7H,5-6H2,1-2H3. The lowest BCUT2D eigenvalue weighted by molar-refractivity contribution is 0.199. The van der Waals surface area contributed by atoms with Crippen molar-refractivity contribution in [3.05, 3.63) is 24.0 Å². The van der Waals surface area contributed by atoms with Crippen molar-refractivity contribution in [2.45, 2.75) is 32.3 Å². The number of aryl methyl sites for hydroxylation is 1. The van der Waals surface area contributed by atoms with Crippen LogP contribution < -0.4 is 4.74 Å². The van der Waals surface area contributed by atoms with Gasteiger partial charge in [-0.15, -0.1) is 0 Å². The molecule has 1 aliphatic rings. The number of hydrogen-bond acceptors (Lipinski definition) is 2. The summed E-state index contributed by atoms with van der Waals surface area (Å²) in [7, 11) is 0. The number of ether oxygens (including phenoxy) is 1. The lowest BCUT2D eigenvalue weighted by Crippen LogP contribution is -2.12. The van der Waals surface area contributed by atoms with Crippen molar-refractivity contribution in [1.29, 1.82) is 0 Å². The van der Waals surface area contributed by atoms with Gasteiger partial charge in [0.25, 0.3) is 0 Å². The van der Waals surface area contributed by atoms with Crippen molar-refractivity contribution in [2.75, 3.05) is 0 Å². The van der Waals surface area contributed by atoms with Crippen molar-refractivity contribution in [1.82, 2.24) is 4.98 Å². The zero-order chi connectivity index (χ0) is 8.60. The number of aromatic nitrogens is 1. The van der Waals surface area contributed by atoms with E-state index < -0.39 is 0 Å². The quantitative estimate of drug-likeness (QED) is 0.667. The SMILES string of the molecule is Cc1ccc(OC2(C)CC2)cn1. The van der Waals surface area contributed by atoms with Gasteiger partial charge in [0.2, 0.25) is 0 Å². The second-order valence-electron chi connectivity index (χ2n) is 3.69. The first-order valence-corrected chi connectivity index (χ1v) is 4.30. The van der Waals surface area contributed by atoms with Gasteiger partial charge < -0.3 is 4.74 Å². The van der Waals surface area contributed by atoms with Gasteiger partial charge in [-0.05, 0) is 38.8 Å². The molecule has 1 aliphatic carbocycles. The van der Waals surface area contributed by atoms with Crippen LogP contribution in [0.4, 0.5) is 0 Å². The lowest BCUT2D eigenvalue weighted by atomic mass is 10.3. The van der Waals surface area contributed by atoms with Crippen LogP contribution in [0.15, 0.2) is 18.3 Å². The highest BCUT2D eigenvalue weighted by Crippen LogP contribution is 2.39. The number of rotatable bonds is 2. The molecular weight excluding hydrogens is 150 g/mol. The molecule has 1 aromatic rings. The Bertz CT molecular complexity index is 274. The summed E-state index contributed by atoms with van der Waals surface area (Å²) in [5, 5.41) is 0. The van der Waals surface area contributed by atoms with Crippen LogP contribution in [0.25, 0.3) is 0 Å². The van der Waals surface area contributed by atoms with E-state index in [9.17, 15) is 0 Å². The molecule has 64 valence electrons. The minimum atomic E-state index is 0.108. The van der Waals surface area contributed by atoms with Crippen LogP contribution >= 0.6 is 0 Å². The van der Waals surface area contributed by atoms with E-state index in [4.69, 9.17) is 4.74 Å². The molecule has 0 bridgehead atoms. The van der Waals surface area contributed by atoms with E-state index in [-0.39, 0.29) is 5.60 Å². The minimum absolute atomic E-state index is 0.108. The number of pyridine rings is 1. The molecule has 0 N–H and O–H groups in total. The number of hydrogen-bond donors (Lipinski definition) is 0. The second-order valence-corrected chi connectivity index (χ2v) is 3.69. The summed E-state index contributed by atoms with van der Waals surface area (Å²) in [6.45, 7) is 4.11. The van der Waals surface area contributed by atoms with E-state index in [0.29, 0.717) is 0 Å². The van der Waals surface area contributed by atoms with E-state index in [1.807, 2.05) is 19.1 Å². The molecule has 2 rings (SSSR count). The Kier molecular flexibility index (Phi) is 1.56. The molecule has 0 spiro atoms. The maximum Gasteiger partial charge on any atom is 0.138 e. The molecule has 1 fully saturated rings. The molecular formula is C10H13NO. The third kappa shape index (κ3) is 1.58. The van der Waals surface area contributed by atoms with Crippen molar-refractivity contribution in [3.8, 4) is 5.75 Å². The summed E-state index contributed by atoms with van der Waals surface area (Å²) in [5.41, 5.74) is 1.14. The van der Waals surface area contributed by atoms with Gasteiger partial charge >= 0.3 is 0 Å². The molecule has 1 aromatic heterocycles. The van der Waals surface area contributed by atoms with Gasteiger partial charge in [0, 0.05) is 5.69 Å². The lowest BCUT2D eigenvalue weighted by Gasteiger charge is -2.11. The van der Waals surface area contributed by atoms with Gasteiger partial charge in [-0.2, -0.15) is 0 Å². The third-order valence-electron chi connectivity index (χ3n) is 2.20. The van der Waals surface area contributed by atoms with Gasteiger partial charge in [0.1, 0.15) is 11.4 Å². The van der Waals surface area contributed by atoms with Crippen LogP contribution in [0.1, 0.15) is 25.5 Å². The molecule has 1 saturated carbocycles. The van der Waals surface area contributed by atoms with E-state index >= 15 is 0 Å². The van der Waals surface area contributed by atoms with Crippen LogP contribution in [0.3, 0.4) is 0 Å². The van der Waals surface area contributed by atoms with Crippen LogP contribution in [0.5, 0.6) is 5.75 Å². The predicted octanol–water partition coefficient (Wildman–Crippen LogP) is 2.32. The smallest absolute Gasteiger partial charge is 0.138 e. The Hall–Kier alpha value is -1.05. The summed E-state index contributed by atoms with van der Waals surface area (Å²) < 4.78 is 5.71. The Morgan fingerprint density at radius 3 is 2.67 bits per heavy atom. The van der Waals surface area contributed by atoms with E-state index in [2.05, 4.69) is 11.9 Å². The van der Waals surface area contributed by atoms with Crippen molar-refractivity contribution >= 4 is 0 Å². The molecule has 0 amide bonds. The Labute approximate surface area is 72.6 Å². The van der Waals surface area contributed by atoms with Crippen molar-refractivity contribution in [2.24, 2.45) is 0 Å². The molecule has 0 aliphatic heterocycles. The first kappa shape index (κ1) is 7.59. The summed E-state index contributed by atoms with van der Waals surface area (Å²) in [4.78, 5) is 4.17. The summed E-state index contributed by atoms with van der Waals surface area (Å²) in [6, 6.07) is 3.95. The van der Waals surface area contributed by atoms with Crippen LogP contribution in [0, 0.1) is 6.92 Å². The van der Waals surface area contributed by atoms with E-state index in [1.54, 1.807) is 6.20 Å².